The normalized spacial score (nSPS) is 14.4. The number of aliphatic carboxylic acids is 2. The van der Waals surface area contributed by atoms with Crippen molar-refractivity contribution in [2.24, 2.45) is 0 Å². The third-order valence-corrected chi connectivity index (χ3v) is 5.42. The average molecular weight is 444 g/mol. The molecule has 9 heteroatoms. The average Bonchev–Trinajstić information content (AvgIpc) is 2.79. The molecule has 32 heavy (non-hydrogen) atoms. The van der Waals surface area contributed by atoms with Crippen molar-refractivity contribution in [3.05, 3.63) is 75.8 Å². The van der Waals surface area contributed by atoms with Crippen molar-refractivity contribution < 1.29 is 24.7 Å². The van der Waals surface area contributed by atoms with Crippen LogP contribution in [0.5, 0.6) is 0 Å². The van der Waals surface area contributed by atoms with Gasteiger partial charge in [0, 0.05) is 31.3 Å². The summed E-state index contributed by atoms with van der Waals surface area (Å²) in [7, 11) is 0. The van der Waals surface area contributed by atoms with E-state index in [2.05, 4.69) is 47.1 Å². The van der Waals surface area contributed by atoms with E-state index >= 15 is 0 Å². The van der Waals surface area contributed by atoms with E-state index in [1.165, 1.54) is 5.56 Å². The number of hydrogen-bond acceptors (Lipinski definition) is 6. The van der Waals surface area contributed by atoms with Crippen LogP contribution >= 0.6 is 0 Å². The van der Waals surface area contributed by atoms with Crippen LogP contribution in [0.25, 0.3) is 0 Å². The molecule has 0 bridgehead atoms. The second kappa shape index (κ2) is 12.5. The minimum Gasteiger partial charge on any atom is -0.473 e. The maximum atomic E-state index is 10.9. The van der Waals surface area contributed by atoms with Crippen molar-refractivity contribution in [2.45, 2.75) is 38.9 Å². The molecule has 1 saturated heterocycles. The number of rotatable bonds is 7. The number of likely N-dealkylation sites (tertiary alicyclic amines) is 1. The van der Waals surface area contributed by atoms with Gasteiger partial charge >= 0.3 is 11.9 Å². The highest BCUT2D eigenvalue weighted by Gasteiger charge is 2.24. The number of nitro benzene ring substituents is 1. The Balaban J connectivity index is 0.000000534. The molecule has 2 aromatic carbocycles. The van der Waals surface area contributed by atoms with Crippen LogP contribution in [-0.2, 0) is 22.7 Å². The van der Waals surface area contributed by atoms with E-state index in [1.54, 1.807) is 18.2 Å². The fraction of sp³-hybridized carbons (Fsp3) is 0.391. The molecule has 0 unspecified atom stereocenters. The number of piperidine rings is 1. The third-order valence-electron chi connectivity index (χ3n) is 5.42. The lowest BCUT2D eigenvalue weighted by Crippen LogP contribution is -2.44. The van der Waals surface area contributed by atoms with Crippen LogP contribution in [0.3, 0.4) is 0 Å². The summed E-state index contributed by atoms with van der Waals surface area (Å²) in [5, 5.41) is 25.7. The molecule has 0 aliphatic carbocycles. The number of hydrogen-bond donors (Lipinski definition) is 2. The van der Waals surface area contributed by atoms with Gasteiger partial charge in [0.05, 0.1) is 4.92 Å². The minimum absolute atomic E-state index is 0.178. The molecule has 0 amide bonds. The van der Waals surface area contributed by atoms with Crippen molar-refractivity contribution in [1.29, 1.82) is 0 Å². The highest BCUT2D eigenvalue weighted by Crippen LogP contribution is 2.21. The highest BCUT2D eigenvalue weighted by atomic mass is 16.6. The van der Waals surface area contributed by atoms with Gasteiger partial charge < -0.3 is 10.2 Å². The standard InChI is InChI=1S/C21H27N3O2.C2H2O4/c1-2-23(17-18-7-4-3-5-8-18)20-11-13-22(14-12-20)16-19-9-6-10-21(15-19)24(25)26;3-1(4)2(5)6/h3-10,15,20H,2,11-14,16-17H2,1H3;(H,3,4)(H,5,6). The first kappa shape index (κ1) is 25.0. The Morgan fingerprint density at radius 1 is 1.03 bits per heavy atom. The molecule has 2 aromatic rings. The molecule has 1 heterocycles. The molecule has 2 N–H and O–H groups in total. The van der Waals surface area contributed by atoms with Gasteiger partial charge in [-0.05, 0) is 43.6 Å². The lowest BCUT2D eigenvalue weighted by Gasteiger charge is -2.38. The van der Waals surface area contributed by atoms with Gasteiger partial charge in [-0.15, -0.1) is 0 Å². The van der Waals surface area contributed by atoms with Gasteiger partial charge in [0.15, 0.2) is 0 Å². The lowest BCUT2D eigenvalue weighted by molar-refractivity contribution is -0.384. The van der Waals surface area contributed by atoms with Crippen LogP contribution in [0.15, 0.2) is 54.6 Å². The first-order valence-electron chi connectivity index (χ1n) is 10.5. The molecule has 0 atom stereocenters. The van der Waals surface area contributed by atoms with Crippen LogP contribution in [-0.4, -0.2) is 62.6 Å². The first-order chi connectivity index (χ1) is 15.3. The maximum absolute atomic E-state index is 10.9. The fourth-order valence-electron chi connectivity index (χ4n) is 3.79. The molecule has 1 fully saturated rings. The quantitative estimate of drug-likeness (QED) is 0.380. The summed E-state index contributed by atoms with van der Waals surface area (Å²) in [6.07, 6.45) is 2.30. The minimum atomic E-state index is -1.82. The summed E-state index contributed by atoms with van der Waals surface area (Å²) in [5.41, 5.74) is 2.57. The number of non-ortho nitro benzene ring substituents is 1. The van der Waals surface area contributed by atoms with Gasteiger partial charge in [-0.3, -0.25) is 19.9 Å². The summed E-state index contributed by atoms with van der Waals surface area (Å²) >= 11 is 0. The topological polar surface area (TPSA) is 124 Å². The second-order valence-corrected chi connectivity index (χ2v) is 7.59. The summed E-state index contributed by atoms with van der Waals surface area (Å²) < 4.78 is 0. The van der Waals surface area contributed by atoms with E-state index in [0.717, 1.165) is 51.1 Å². The monoisotopic (exact) mass is 443 g/mol. The predicted molar refractivity (Wildman–Crippen MR) is 119 cm³/mol. The van der Waals surface area contributed by atoms with E-state index in [0.29, 0.717) is 6.04 Å². The van der Waals surface area contributed by atoms with Gasteiger partial charge in [-0.25, -0.2) is 9.59 Å². The zero-order valence-corrected chi connectivity index (χ0v) is 18.1. The van der Waals surface area contributed by atoms with Gasteiger partial charge in [-0.1, -0.05) is 49.4 Å². The molecule has 0 spiro atoms. The number of carboxylic acids is 2. The number of carbonyl (C=O) groups is 2. The van der Waals surface area contributed by atoms with Gasteiger partial charge in [0.2, 0.25) is 0 Å². The van der Waals surface area contributed by atoms with E-state index in [9.17, 15) is 10.1 Å². The fourth-order valence-corrected chi connectivity index (χ4v) is 3.79. The number of carboxylic acid groups (broad SMARTS) is 2. The predicted octanol–water partition coefficient (Wildman–Crippen LogP) is 3.24. The first-order valence-corrected chi connectivity index (χ1v) is 10.5. The molecular weight excluding hydrogens is 414 g/mol. The number of nitro groups is 1. The zero-order chi connectivity index (χ0) is 23.5. The summed E-state index contributed by atoms with van der Waals surface area (Å²) in [5.74, 6) is -3.65. The summed E-state index contributed by atoms with van der Waals surface area (Å²) in [6.45, 7) is 7.17. The van der Waals surface area contributed by atoms with E-state index in [4.69, 9.17) is 19.8 Å². The molecule has 9 nitrogen and oxygen atoms in total. The van der Waals surface area contributed by atoms with Crippen molar-refractivity contribution in [3.63, 3.8) is 0 Å². The Labute approximate surface area is 187 Å². The summed E-state index contributed by atoms with van der Waals surface area (Å²) in [4.78, 5) is 33.8. The Morgan fingerprint density at radius 3 is 2.16 bits per heavy atom. The van der Waals surface area contributed by atoms with Crippen molar-refractivity contribution >= 4 is 17.6 Å². The molecule has 0 saturated carbocycles. The van der Waals surface area contributed by atoms with E-state index < -0.39 is 11.9 Å². The Bertz CT molecular complexity index is 886. The van der Waals surface area contributed by atoms with Gasteiger partial charge in [0.1, 0.15) is 0 Å². The van der Waals surface area contributed by atoms with Crippen LogP contribution in [0.2, 0.25) is 0 Å². The van der Waals surface area contributed by atoms with Crippen molar-refractivity contribution in [2.75, 3.05) is 19.6 Å². The third kappa shape index (κ3) is 8.09. The van der Waals surface area contributed by atoms with Crippen LogP contribution in [0, 0.1) is 10.1 Å². The number of benzene rings is 2. The SMILES string of the molecule is CCN(Cc1ccccc1)C1CCN(Cc2cccc([N+](=O)[O-])c2)CC1.O=C(O)C(=O)O. The molecule has 172 valence electrons. The molecule has 0 aromatic heterocycles. The van der Waals surface area contributed by atoms with Crippen molar-refractivity contribution in [1.82, 2.24) is 9.80 Å². The van der Waals surface area contributed by atoms with E-state index in [-0.39, 0.29) is 10.6 Å². The maximum Gasteiger partial charge on any atom is 0.414 e. The van der Waals surface area contributed by atoms with Gasteiger partial charge in [0.25, 0.3) is 5.69 Å². The molecular formula is C23H29N3O6. The van der Waals surface area contributed by atoms with E-state index in [1.807, 2.05) is 6.07 Å². The molecule has 0 radical (unpaired) electrons. The smallest absolute Gasteiger partial charge is 0.414 e. The number of nitrogens with zero attached hydrogens (tertiary/aromatic N) is 3. The van der Waals surface area contributed by atoms with Gasteiger partial charge in [-0.2, -0.15) is 0 Å². The molecule has 3 rings (SSSR count). The Hall–Kier alpha value is -3.30. The second-order valence-electron chi connectivity index (χ2n) is 7.59. The molecule has 1 aliphatic heterocycles. The Morgan fingerprint density at radius 2 is 1.62 bits per heavy atom. The van der Waals surface area contributed by atoms with Crippen molar-refractivity contribution in [3.8, 4) is 0 Å². The van der Waals surface area contributed by atoms with Crippen LogP contribution < -0.4 is 0 Å². The highest BCUT2D eigenvalue weighted by molar-refractivity contribution is 6.27. The van der Waals surface area contributed by atoms with Crippen LogP contribution in [0.4, 0.5) is 5.69 Å². The van der Waals surface area contributed by atoms with Crippen LogP contribution in [0.1, 0.15) is 30.9 Å². The largest absolute Gasteiger partial charge is 0.473 e. The lowest BCUT2D eigenvalue weighted by atomic mass is 10.0. The Kier molecular flexibility index (Phi) is 9.77. The zero-order valence-electron chi connectivity index (χ0n) is 18.1. The molecule has 1 aliphatic rings. The summed E-state index contributed by atoms with van der Waals surface area (Å²) in [6, 6.07) is 18.3.